The van der Waals surface area contributed by atoms with Crippen LogP contribution in [0.4, 0.5) is 0 Å². The van der Waals surface area contributed by atoms with Crippen LogP contribution in [-0.4, -0.2) is 26.2 Å². The summed E-state index contributed by atoms with van der Waals surface area (Å²) in [4.78, 5) is 11.7. The van der Waals surface area contributed by atoms with E-state index in [0.29, 0.717) is 13.0 Å². The molecule has 0 aliphatic heterocycles. The van der Waals surface area contributed by atoms with Gasteiger partial charge in [0.1, 0.15) is 6.33 Å². The lowest BCUT2D eigenvalue weighted by Gasteiger charge is -2.21. The van der Waals surface area contributed by atoms with Crippen LogP contribution >= 0.6 is 0 Å². The van der Waals surface area contributed by atoms with E-state index in [-0.39, 0.29) is 5.91 Å². The quantitative estimate of drug-likeness (QED) is 0.741. The number of nitrogens with two attached hydrogens (primary N) is 1. The summed E-state index contributed by atoms with van der Waals surface area (Å²) in [5.74, 6) is 0.573. The van der Waals surface area contributed by atoms with Crippen molar-refractivity contribution in [3.8, 4) is 0 Å². The number of aryl methyl sites for hydroxylation is 1. The Morgan fingerprint density at radius 2 is 2.31 bits per heavy atom. The Morgan fingerprint density at radius 3 is 2.88 bits per heavy atom. The van der Waals surface area contributed by atoms with Gasteiger partial charge in [0, 0.05) is 6.54 Å². The molecule has 16 heavy (non-hydrogen) atoms. The Kier molecular flexibility index (Phi) is 4.00. The Bertz CT molecular complexity index is 358. The number of nitrogens with one attached hydrogen (secondary N) is 1. The van der Waals surface area contributed by atoms with Crippen molar-refractivity contribution in [2.45, 2.75) is 45.8 Å². The standard InChI is InChI=1S/C10H19N5O/c1-4-10(3,11)9(16)12-6-8-14-13-7-15(8)5-2/h7H,4-6,11H2,1-3H3,(H,12,16). The maximum atomic E-state index is 11.7. The number of carbonyl (C=O) groups is 1. The average Bonchev–Trinajstić information content (AvgIpc) is 2.72. The van der Waals surface area contributed by atoms with E-state index < -0.39 is 5.54 Å². The summed E-state index contributed by atoms with van der Waals surface area (Å²) in [5, 5.41) is 10.5. The molecule has 1 aromatic rings. The molecular formula is C10H19N5O. The SMILES string of the molecule is CCn1cnnc1CNC(=O)C(C)(N)CC. The molecule has 1 amide bonds. The van der Waals surface area contributed by atoms with Crippen LogP contribution < -0.4 is 11.1 Å². The first-order valence-electron chi connectivity index (χ1n) is 5.45. The van der Waals surface area contributed by atoms with E-state index in [9.17, 15) is 4.79 Å². The van der Waals surface area contributed by atoms with Gasteiger partial charge >= 0.3 is 0 Å². The normalized spacial score (nSPS) is 14.5. The summed E-state index contributed by atoms with van der Waals surface area (Å²) in [6.07, 6.45) is 2.24. The molecule has 90 valence electrons. The zero-order valence-electron chi connectivity index (χ0n) is 10.0. The zero-order valence-corrected chi connectivity index (χ0v) is 10.0. The van der Waals surface area contributed by atoms with Gasteiger partial charge in [0.15, 0.2) is 5.82 Å². The van der Waals surface area contributed by atoms with Gasteiger partial charge < -0.3 is 15.6 Å². The number of rotatable bonds is 5. The van der Waals surface area contributed by atoms with Crippen molar-refractivity contribution in [1.82, 2.24) is 20.1 Å². The first kappa shape index (κ1) is 12.6. The fourth-order valence-electron chi connectivity index (χ4n) is 1.20. The van der Waals surface area contributed by atoms with Crippen LogP contribution in [0.5, 0.6) is 0 Å². The van der Waals surface area contributed by atoms with Gasteiger partial charge in [0.2, 0.25) is 5.91 Å². The van der Waals surface area contributed by atoms with Crippen LogP contribution in [0.25, 0.3) is 0 Å². The van der Waals surface area contributed by atoms with Crippen LogP contribution in [0.15, 0.2) is 6.33 Å². The number of amides is 1. The van der Waals surface area contributed by atoms with Crippen LogP contribution in [0.2, 0.25) is 0 Å². The molecule has 1 aromatic heterocycles. The second-order valence-electron chi connectivity index (χ2n) is 3.99. The van der Waals surface area contributed by atoms with E-state index in [1.807, 2.05) is 18.4 Å². The lowest BCUT2D eigenvalue weighted by Crippen LogP contribution is -2.51. The minimum atomic E-state index is -0.822. The molecule has 0 saturated heterocycles. The number of carbonyl (C=O) groups excluding carboxylic acids is 1. The molecule has 6 heteroatoms. The molecule has 0 aromatic carbocycles. The maximum absolute atomic E-state index is 11.7. The second-order valence-corrected chi connectivity index (χ2v) is 3.99. The fraction of sp³-hybridized carbons (Fsp3) is 0.700. The van der Waals surface area contributed by atoms with Crippen molar-refractivity contribution >= 4 is 5.91 Å². The predicted octanol–water partition coefficient (Wildman–Crippen LogP) is 0.0416. The highest BCUT2D eigenvalue weighted by Crippen LogP contribution is 2.04. The van der Waals surface area contributed by atoms with Crippen LogP contribution in [-0.2, 0) is 17.9 Å². The first-order chi connectivity index (χ1) is 7.51. The third-order valence-corrected chi connectivity index (χ3v) is 2.70. The van der Waals surface area contributed by atoms with Crippen LogP contribution in [0.3, 0.4) is 0 Å². The Balaban J connectivity index is 2.55. The summed E-state index contributed by atoms with van der Waals surface area (Å²) < 4.78 is 1.88. The van der Waals surface area contributed by atoms with Crippen molar-refractivity contribution < 1.29 is 4.79 Å². The van der Waals surface area contributed by atoms with Crippen LogP contribution in [0.1, 0.15) is 33.0 Å². The third-order valence-electron chi connectivity index (χ3n) is 2.70. The molecule has 1 atom stereocenters. The fourth-order valence-corrected chi connectivity index (χ4v) is 1.20. The van der Waals surface area contributed by atoms with E-state index in [1.165, 1.54) is 0 Å². The van der Waals surface area contributed by atoms with E-state index in [4.69, 9.17) is 5.73 Å². The van der Waals surface area contributed by atoms with Gasteiger partial charge in [-0.05, 0) is 20.3 Å². The summed E-state index contributed by atoms with van der Waals surface area (Å²) in [7, 11) is 0. The minimum Gasteiger partial charge on any atom is -0.347 e. The van der Waals surface area contributed by atoms with E-state index in [1.54, 1.807) is 13.3 Å². The molecule has 0 spiro atoms. The largest absolute Gasteiger partial charge is 0.347 e. The molecule has 3 N–H and O–H groups in total. The van der Waals surface area contributed by atoms with Crippen molar-refractivity contribution in [3.05, 3.63) is 12.2 Å². The monoisotopic (exact) mass is 225 g/mol. The van der Waals surface area contributed by atoms with Gasteiger partial charge in [-0.3, -0.25) is 4.79 Å². The summed E-state index contributed by atoms with van der Waals surface area (Å²) in [6.45, 7) is 6.74. The lowest BCUT2D eigenvalue weighted by atomic mass is 10.00. The maximum Gasteiger partial charge on any atom is 0.240 e. The Hall–Kier alpha value is -1.43. The highest BCUT2D eigenvalue weighted by Gasteiger charge is 2.25. The molecular weight excluding hydrogens is 206 g/mol. The van der Waals surface area contributed by atoms with E-state index >= 15 is 0 Å². The summed E-state index contributed by atoms with van der Waals surface area (Å²) in [5.41, 5.74) is 4.99. The van der Waals surface area contributed by atoms with Gasteiger partial charge in [0.25, 0.3) is 0 Å². The number of nitrogens with zero attached hydrogens (tertiary/aromatic N) is 3. The smallest absolute Gasteiger partial charge is 0.240 e. The van der Waals surface area contributed by atoms with Crippen molar-refractivity contribution in [1.29, 1.82) is 0 Å². The topological polar surface area (TPSA) is 85.8 Å². The summed E-state index contributed by atoms with van der Waals surface area (Å²) in [6, 6.07) is 0. The molecule has 0 radical (unpaired) electrons. The molecule has 0 fully saturated rings. The third kappa shape index (κ3) is 2.79. The van der Waals surface area contributed by atoms with Gasteiger partial charge in [-0.15, -0.1) is 10.2 Å². The minimum absolute atomic E-state index is 0.166. The van der Waals surface area contributed by atoms with Crippen molar-refractivity contribution in [2.24, 2.45) is 5.73 Å². The number of hydrogen-bond donors (Lipinski definition) is 2. The molecule has 1 heterocycles. The molecule has 1 unspecified atom stereocenters. The predicted molar refractivity (Wildman–Crippen MR) is 60.4 cm³/mol. The van der Waals surface area contributed by atoms with E-state index in [0.717, 1.165) is 12.4 Å². The number of aromatic nitrogens is 3. The van der Waals surface area contributed by atoms with Gasteiger partial charge in [-0.25, -0.2) is 0 Å². The molecule has 0 aliphatic carbocycles. The Labute approximate surface area is 95.2 Å². The van der Waals surface area contributed by atoms with Gasteiger partial charge in [-0.1, -0.05) is 6.92 Å². The molecule has 1 rings (SSSR count). The number of hydrogen-bond acceptors (Lipinski definition) is 4. The van der Waals surface area contributed by atoms with Gasteiger partial charge in [0.05, 0.1) is 12.1 Å². The molecule has 6 nitrogen and oxygen atoms in total. The van der Waals surface area contributed by atoms with E-state index in [2.05, 4.69) is 15.5 Å². The summed E-state index contributed by atoms with van der Waals surface area (Å²) >= 11 is 0. The molecule has 0 aliphatic rings. The highest BCUT2D eigenvalue weighted by molar-refractivity contribution is 5.85. The van der Waals surface area contributed by atoms with Crippen molar-refractivity contribution in [2.75, 3.05) is 0 Å². The average molecular weight is 225 g/mol. The highest BCUT2D eigenvalue weighted by atomic mass is 16.2. The Morgan fingerprint density at radius 1 is 1.62 bits per heavy atom. The van der Waals surface area contributed by atoms with Crippen LogP contribution in [0, 0.1) is 0 Å². The zero-order chi connectivity index (χ0) is 12.2. The second kappa shape index (κ2) is 5.07. The van der Waals surface area contributed by atoms with Gasteiger partial charge in [-0.2, -0.15) is 0 Å². The molecule has 0 bridgehead atoms. The van der Waals surface area contributed by atoms with Crippen molar-refractivity contribution in [3.63, 3.8) is 0 Å². The lowest BCUT2D eigenvalue weighted by molar-refractivity contribution is -0.126. The molecule has 0 saturated carbocycles. The first-order valence-corrected chi connectivity index (χ1v) is 5.45.